The normalized spacial score (nSPS) is 14.2. The summed E-state index contributed by atoms with van der Waals surface area (Å²) < 4.78 is 52.3. The number of ether oxygens (including phenoxy) is 2. The minimum atomic E-state index is -4.60. The largest absolute Gasteiger partial charge is 0.490 e. The second-order valence-electron chi connectivity index (χ2n) is 8.35. The number of aromatic nitrogens is 2. The van der Waals surface area contributed by atoms with Crippen molar-refractivity contribution in [3.8, 4) is 11.4 Å². The molecule has 1 aliphatic rings. The summed E-state index contributed by atoms with van der Waals surface area (Å²) in [5.41, 5.74) is 10.9. The molecule has 3 aromatic rings. The molecule has 202 valence electrons. The predicted octanol–water partition coefficient (Wildman–Crippen LogP) is 2.93. The highest BCUT2D eigenvalue weighted by atomic mass is 19.4. The highest BCUT2D eigenvalue weighted by molar-refractivity contribution is 6.00. The molecule has 0 radical (unpaired) electrons. The average Bonchev–Trinajstić information content (AvgIpc) is 3.27. The lowest BCUT2D eigenvalue weighted by atomic mass is 10.1. The second kappa shape index (κ2) is 11.4. The first-order valence-corrected chi connectivity index (χ1v) is 11.6. The van der Waals surface area contributed by atoms with Gasteiger partial charge >= 0.3 is 12.2 Å². The van der Waals surface area contributed by atoms with Gasteiger partial charge in [0.2, 0.25) is 0 Å². The van der Waals surface area contributed by atoms with Crippen molar-refractivity contribution in [2.24, 2.45) is 5.73 Å². The number of imidazole rings is 1. The van der Waals surface area contributed by atoms with Crippen LogP contribution in [0.5, 0.6) is 5.75 Å². The Morgan fingerprint density at radius 2 is 1.79 bits per heavy atom. The lowest BCUT2D eigenvalue weighted by molar-refractivity contribution is -0.137. The summed E-state index contributed by atoms with van der Waals surface area (Å²) in [4.78, 5) is 30.0. The lowest BCUT2D eigenvalue weighted by Crippen LogP contribution is -2.38. The molecule has 14 heteroatoms. The van der Waals surface area contributed by atoms with Gasteiger partial charge in [-0.2, -0.15) is 13.2 Å². The molecular formula is C24H26F3N7O4. The van der Waals surface area contributed by atoms with Crippen LogP contribution in [-0.2, 0) is 10.9 Å². The zero-order chi connectivity index (χ0) is 27.3. The summed E-state index contributed by atoms with van der Waals surface area (Å²) in [6, 6.07) is 8.43. The van der Waals surface area contributed by atoms with Crippen molar-refractivity contribution in [3.05, 3.63) is 60.0 Å². The number of morpholine rings is 1. The van der Waals surface area contributed by atoms with Gasteiger partial charge in [-0.3, -0.25) is 14.3 Å². The Balaban J connectivity index is 1.43. The Bertz CT molecular complexity index is 1290. The molecule has 1 fully saturated rings. The van der Waals surface area contributed by atoms with E-state index in [0.717, 1.165) is 25.2 Å². The van der Waals surface area contributed by atoms with Crippen LogP contribution in [0.15, 0.2) is 48.8 Å². The Kier molecular flexibility index (Phi) is 8.02. The molecule has 3 amide bonds. The standard InChI is InChI=1S/C24H26F3N7O4/c25-24(26,27)15-1-6-19(38-12-9-33-7-10-37-11-8-33)18(13-15)32-23(36)31-16-2-4-17(5-3-16)34-14-30-20(21(34)28)22(29)35/h1-6,13-14H,7-12,28H2,(H2,29,35)(H2,31,32,36). The number of nitrogens with one attached hydrogen (secondary N) is 2. The molecule has 1 saturated heterocycles. The van der Waals surface area contributed by atoms with E-state index in [4.69, 9.17) is 20.9 Å². The van der Waals surface area contributed by atoms with Crippen molar-refractivity contribution >= 4 is 29.1 Å². The maximum absolute atomic E-state index is 13.3. The van der Waals surface area contributed by atoms with Crippen LogP contribution < -0.4 is 26.8 Å². The number of anilines is 3. The number of carbonyl (C=O) groups is 2. The number of hydrogen-bond donors (Lipinski definition) is 4. The number of alkyl halides is 3. The Labute approximate surface area is 215 Å². The summed E-state index contributed by atoms with van der Waals surface area (Å²) in [7, 11) is 0. The van der Waals surface area contributed by atoms with E-state index in [-0.39, 0.29) is 29.6 Å². The molecule has 0 atom stereocenters. The molecule has 11 nitrogen and oxygen atoms in total. The van der Waals surface area contributed by atoms with Crippen LogP contribution in [0.1, 0.15) is 16.1 Å². The number of hydrogen-bond acceptors (Lipinski definition) is 7. The molecule has 0 bridgehead atoms. The van der Waals surface area contributed by atoms with E-state index in [1.165, 1.54) is 17.0 Å². The molecule has 2 aromatic carbocycles. The van der Waals surface area contributed by atoms with Gasteiger partial charge in [-0.15, -0.1) is 0 Å². The van der Waals surface area contributed by atoms with Crippen molar-refractivity contribution in [1.82, 2.24) is 14.5 Å². The third-order valence-corrected chi connectivity index (χ3v) is 5.77. The Hall–Kier alpha value is -4.30. The summed E-state index contributed by atoms with van der Waals surface area (Å²) in [6.45, 7) is 3.48. The van der Waals surface area contributed by atoms with Crippen LogP contribution in [0, 0.1) is 0 Å². The van der Waals surface area contributed by atoms with E-state index in [9.17, 15) is 22.8 Å². The molecule has 0 saturated carbocycles. The number of halogens is 3. The SMILES string of the molecule is NC(=O)c1ncn(-c2ccc(NC(=O)Nc3cc(C(F)(F)F)ccc3OCCN3CCOCC3)cc2)c1N. The van der Waals surface area contributed by atoms with Gasteiger partial charge in [0.15, 0.2) is 5.69 Å². The number of amides is 3. The predicted molar refractivity (Wildman–Crippen MR) is 133 cm³/mol. The van der Waals surface area contributed by atoms with Crippen molar-refractivity contribution in [1.29, 1.82) is 0 Å². The summed E-state index contributed by atoms with van der Waals surface area (Å²) in [5.74, 6) is -0.602. The molecule has 1 aliphatic heterocycles. The molecule has 0 aliphatic carbocycles. The van der Waals surface area contributed by atoms with E-state index in [1.54, 1.807) is 24.3 Å². The number of primary amides is 1. The van der Waals surface area contributed by atoms with Gasteiger partial charge in [-0.1, -0.05) is 0 Å². The van der Waals surface area contributed by atoms with Crippen LogP contribution in [0.2, 0.25) is 0 Å². The number of nitrogen functional groups attached to an aromatic ring is 1. The molecule has 6 N–H and O–H groups in total. The number of nitrogens with two attached hydrogens (primary N) is 2. The fraction of sp³-hybridized carbons (Fsp3) is 0.292. The molecule has 2 heterocycles. The van der Waals surface area contributed by atoms with Gasteiger partial charge in [0.25, 0.3) is 5.91 Å². The fourth-order valence-electron chi connectivity index (χ4n) is 3.78. The minimum absolute atomic E-state index is 0.0571. The van der Waals surface area contributed by atoms with Crippen LogP contribution in [-0.4, -0.2) is 65.8 Å². The van der Waals surface area contributed by atoms with Gasteiger partial charge in [0, 0.05) is 31.0 Å². The summed E-state index contributed by atoms with van der Waals surface area (Å²) >= 11 is 0. The van der Waals surface area contributed by atoms with Gasteiger partial charge in [0.05, 0.1) is 24.5 Å². The molecule has 1 aromatic heterocycles. The van der Waals surface area contributed by atoms with E-state index in [1.807, 2.05) is 0 Å². The first-order valence-electron chi connectivity index (χ1n) is 11.6. The van der Waals surface area contributed by atoms with Crippen molar-refractivity contribution in [3.63, 3.8) is 0 Å². The van der Waals surface area contributed by atoms with Crippen molar-refractivity contribution in [2.45, 2.75) is 6.18 Å². The zero-order valence-electron chi connectivity index (χ0n) is 20.1. The summed E-state index contributed by atoms with van der Waals surface area (Å²) in [6.07, 6.45) is -3.27. The first-order chi connectivity index (χ1) is 18.1. The minimum Gasteiger partial charge on any atom is -0.490 e. The van der Waals surface area contributed by atoms with Crippen LogP contribution in [0.4, 0.5) is 35.2 Å². The first kappa shape index (κ1) is 26.8. The van der Waals surface area contributed by atoms with E-state index in [0.29, 0.717) is 31.1 Å². The summed E-state index contributed by atoms with van der Waals surface area (Å²) in [5, 5.41) is 5.00. The number of urea groups is 1. The highest BCUT2D eigenvalue weighted by Crippen LogP contribution is 2.35. The lowest BCUT2D eigenvalue weighted by Gasteiger charge is -2.26. The maximum atomic E-state index is 13.3. The Morgan fingerprint density at radius 3 is 2.42 bits per heavy atom. The quantitative estimate of drug-likeness (QED) is 0.348. The average molecular weight is 534 g/mol. The highest BCUT2D eigenvalue weighted by Gasteiger charge is 2.31. The van der Waals surface area contributed by atoms with Crippen LogP contribution >= 0.6 is 0 Å². The van der Waals surface area contributed by atoms with Gasteiger partial charge < -0.3 is 31.6 Å². The van der Waals surface area contributed by atoms with Crippen LogP contribution in [0.25, 0.3) is 5.69 Å². The van der Waals surface area contributed by atoms with Crippen molar-refractivity contribution < 1.29 is 32.2 Å². The zero-order valence-corrected chi connectivity index (χ0v) is 20.1. The van der Waals surface area contributed by atoms with E-state index < -0.39 is 23.7 Å². The maximum Gasteiger partial charge on any atom is 0.416 e. The number of carbonyl (C=O) groups excluding carboxylic acids is 2. The molecule has 0 unspecified atom stereocenters. The van der Waals surface area contributed by atoms with E-state index in [2.05, 4.69) is 20.5 Å². The molecule has 0 spiro atoms. The Morgan fingerprint density at radius 1 is 1.08 bits per heavy atom. The third-order valence-electron chi connectivity index (χ3n) is 5.77. The molecule has 4 rings (SSSR count). The van der Waals surface area contributed by atoms with Gasteiger partial charge in [-0.05, 0) is 42.5 Å². The van der Waals surface area contributed by atoms with E-state index >= 15 is 0 Å². The van der Waals surface area contributed by atoms with Gasteiger partial charge in [0.1, 0.15) is 24.5 Å². The number of rotatable bonds is 8. The molecular weight excluding hydrogens is 507 g/mol. The molecule has 38 heavy (non-hydrogen) atoms. The second-order valence-corrected chi connectivity index (χ2v) is 8.35. The fourth-order valence-corrected chi connectivity index (χ4v) is 3.78. The van der Waals surface area contributed by atoms with Crippen LogP contribution in [0.3, 0.4) is 0 Å². The topological polar surface area (TPSA) is 150 Å². The number of benzene rings is 2. The third kappa shape index (κ3) is 6.52. The smallest absolute Gasteiger partial charge is 0.416 e. The monoisotopic (exact) mass is 533 g/mol. The number of nitrogens with zero attached hydrogens (tertiary/aromatic N) is 3. The van der Waals surface area contributed by atoms with Gasteiger partial charge in [-0.25, -0.2) is 9.78 Å². The van der Waals surface area contributed by atoms with Crippen molar-refractivity contribution in [2.75, 3.05) is 55.8 Å².